The second kappa shape index (κ2) is 6.91. The topological polar surface area (TPSA) is 66.9 Å². The van der Waals surface area contributed by atoms with Crippen molar-refractivity contribution in [3.63, 3.8) is 0 Å². The fraction of sp³-hybridized carbons (Fsp3) is 0.214. The number of hydrogen-bond acceptors (Lipinski definition) is 5. The molecule has 104 valence electrons. The maximum Gasteiger partial charge on any atom is 0.276 e. The van der Waals surface area contributed by atoms with Gasteiger partial charge < -0.3 is 10.6 Å². The number of hydrogen-bond donors (Lipinski definition) is 2. The lowest BCUT2D eigenvalue weighted by Gasteiger charge is -2.08. The smallest absolute Gasteiger partial charge is 0.276 e. The van der Waals surface area contributed by atoms with E-state index in [1.165, 1.54) is 0 Å². The Morgan fingerprint density at radius 2 is 2.00 bits per heavy atom. The van der Waals surface area contributed by atoms with Gasteiger partial charge in [0.2, 0.25) is 0 Å². The van der Waals surface area contributed by atoms with E-state index in [9.17, 15) is 4.79 Å². The van der Waals surface area contributed by atoms with Crippen LogP contribution in [0.5, 0.6) is 0 Å². The van der Waals surface area contributed by atoms with Gasteiger partial charge in [-0.05, 0) is 37.4 Å². The van der Waals surface area contributed by atoms with Gasteiger partial charge in [0.15, 0.2) is 5.69 Å². The number of amides is 1. The van der Waals surface area contributed by atoms with E-state index in [4.69, 9.17) is 0 Å². The molecular weight excluding hydrogens is 272 g/mol. The van der Waals surface area contributed by atoms with E-state index in [1.807, 2.05) is 37.4 Å². The zero-order valence-electron chi connectivity index (χ0n) is 11.4. The van der Waals surface area contributed by atoms with E-state index < -0.39 is 0 Å². The molecule has 2 N–H and O–H groups in total. The summed E-state index contributed by atoms with van der Waals surface area (Å²) in [5.74, 6) is 0.399. The van der Waals surface area contributed by atoms with Crippen LogP contribution in [0, 0.1) is 0 Å². The Hall–Kier alpha value is -2.08. The zero-order valence-corrected chi connectivity index (χ0v) is 12.2. The van der Waals surface area contributed by atoms with Crippen LogP contribution in [0.3, 0.4) is 0 Å². The first kappa shape index (κ1) is 14.3. The number of nitrogens with zero attached hydrogens (tertiary/aromatic N) is 2. The molecule has 1 aromatic heterocycles. The Labute approximate surface area is 122 Å². The monoisotopic (exact) mass is 288 g/mol. The van der Waals surface area contributed by atoms with E-state index in [1.54, 1.807) is 23.9 Å². The van der Waals surface area contributed by atoms with E-state index in [2.05, 4.69) is 20.8 Å². The highest BCUT2D eigenvalue weighted by molar-refractivity contribution is 7.98. The van der Waals surface area contributed by atoms with E-state index in [-0.39, 0.29) is 5.91 Å². The summed E-state index contributed by atoms with van der Waals surface area (Å²) in [6.45, 7) is 2.74. The third-order valence-electron chi connectivity index (χ3n) is 2.61. The van der Waals surface area contributed by atoms with Crippen molar-refractivity contribution in [2.45, 2.75) is 11.8 Å². The Morgan fingerprint density at radius 3 is 2.65 bits per heavy atom. The van der Waals surface area contributed by atoms with Gasteiger partial charge in [0, 0.05) is 11.4 Å². The van der Waals surface area contributed by atoms with Gasteiger partial charge in [0.1, 0.15) is 5.82 Å². The normalized spacial score (nSPS) is 10.1. The SMILES string of the molecule is CCNc1ccc(C(=O)Nc2ccccc2SC)nn1. The minimum Gasteiger partial charge on any atom is -0.369 e. The molecule has 0 aliphatic carbocycles. The molecule has 0 saturated heterocycles. The molecule has 1 heterocycles. The van der Waals surface area contributed by atoms with Gasteiger partial charge in [0.25, 0.3) is 5.91 Å². The average molecular weight is 288 g/mol. The first-order chi connectivity index (χ1) is 9.74. The van der Waals surface area contributed by atoms with Gasteiger partial charge in [-0.2, -0.15) is 0 Å². The highest BCUT2D eigenvalue weighted by atomic mass is 32.2. The first-order valence-electron chi connectivity index (χ1n) is 6.26. The van der Waals surface area contributed by atoms with Crippen molar-refractivity contribution in [1.82, 2.24) is 10.2 Å². The molecule has 20 heavy (non-hydrogen) atoms. The van der Waals surface area contributed by atoms with Gasteiger partial charge in [-0.1, -0.05) is 12.1 Å². The molecule has 1 amide bonds. The lowest BCUT2D eigenvalue weighted by Crippen LogP contribution is -2.15. The largest absolute Gasteiger partial charge is 0.369 e. The summed E-state index contributed by atoms with van der Waals surface area (Å²) in [5, 5.41) is 13.7. The Kier molecular flexibility index (Phi) is 4.95. The Morgan fingerprint density at radius 1 is 1.20 bits per heavy atom. The highest BCUT2D eigenvalue weighted by Crippen LogP contribution is 2.24. The van der Waals surface area contributed by atoms with Crippen LogP contribution in [0.25, 0.3) is 0 Å². The molecule has 0 saturated carbocycles. The van der Waals surface area contributed by atoms with Crippen LogP contribution in [0.15, 0.2) is 41.3 Å². The summed E-state index contributed by atoms with van der Waals surface area (Å²) in [5.41, 5.74) is 1.07. The molecule has 0 bridgehead atoms. The van der Waals surface area contributed by atoms with Crippen molar-refractivity contribution in [3.05, 3.63) is 42.1 Å². The summed E-state index contributed by atoms with van der Waals surface area (Å²) >= 11 is 1.58. The third-order valence-corrected chi connectivity index (χ3v) is 3.41. The number of carbonyl (C=O) groups is 1. The number of para-hydroxylation sites is 1. The van der Waals surface area contributed by atoms with Crippen molar-refractivity contribution in [2.24, 2.45) is 0 Å². The van der Waals surface area contributed by atoms with Crippen LogP contribution < -0.4 is 10.6 Å². The molecule has 2 aromatic rings. The second-order valence-corrected chi connectivity index (χ2v) is 4.84. The second-order valence-electron chi connectivity index (χ2n) is 3.99. The molecule has 0 unspecified atom stereocenters. The molecular formula is C14H16N4OS. The van der Waals surface area contributed by atoms with Crippen LogP contribution in [0.2, 0.25) is 0 Å². The van der Waals surface area contributed by atoms with Crippen molar-refractivity contribution >= 4 is 29.2 Å². The zero-order chi connectivity index (χ0) is 14.4. The molecule has 0 aliphatic heterocycles. The minimum absolute atomic E-state index is 0.262. The van der Waals surface area contributed by atoms with Crippen molar-refractivity contribution in [3.8, 4) is 0 Å². The van der Waals surface area contributed by atoms with Crippen LogP contribution in [0.4, 0.5) is 11.5 Å². The van der Waals surface area contributed by atoms with Crippen LogP contribution in [-0.2, 0) is 0 Å². The van der Waals surface area contributed by atoms with Gasteiger partial charge in [-0.3, -0.25) is 4.79 Å². The van der Waals surface area contributed by atoms with Gasteiger partial charge in [-0.15, -0.1) is 22.0 Å². The van der Waals surface area contributed by atoms with Crippen molar-refractivity contribution < 1.29 is 4.79 Å². The van der Waals surface area contributed by atoms with Crippen molar-refractivity contribution in [2.75, 3.05) is 23.4 Å². The molecule has 2 rings (SSSR count). The summed E-state index contributed by atoms with van der Waals surface area (Å²) in [6, 6.07) is 11.0. The molecule has 0 atom stereocenters. The molecule has 1 aromatic carbocycles. The molecule has 0 aliphatic rings. The number of aromatic nitrogens is 2. The molecule has 5 nitrogen and oxygen atoms in total. The quantitative estimate of drug-likeness (QED) is 0.828. The fourth-order valence-corrected chi connectivity index (χ4v) is 2.22. The molecule has 6 heteroatoms. The Balaban J connectivity index is 2.11. The minimum atomic E-state index is -0.262. The summed E-state index contributed by atoms with van der Waals surface area (Å²) in [7, 11) is 0. The maximum atomic E-state index is 12.1. The fourth-order valence-electron chi connectivity index (χ4n) is 1.66. The van der Waals surface area contributed by atoms with Crippen LogP contribution in [0.1, 0.15) is 17.4 Å². The lowest BCUT2D eigenvalue weighted by molar-refractivity contribution is 0.102. The van der Waals surface area contributed by atoms with Crippen LogP contribution in [-0.4, -0.2) is 28.9 Å². The predicted molar refractivity (Wildman–Crippen MR) is 82.4 cm³/mol. The standard InChI is InChI=1S/C14H16N4OS/c1-3-15-13-9-8-11(17-18-13)14(19)16-10-6-4-5-7-12(10)20-2/h4-9H,3H2,1-2H3,(H,15,18)(H,16,19). The lowest BCUT2D eigenvalue weighted by atomic mass is 10.3. The number of benzene rings is 1. The van der Waals surface area contributed by atoms with Gasteiger partial charge >= 0.3 is 0 Å². The summed E-state index contributed by atoms with van der Waals surface area (Å²) < 4.78 is 0. The summed E-state index contributed by atoms with van der Waals surface area (Å²) in [4.78, 5) is 13.1. The predicted octanol–water partition coefficient (Wildman–Crippen LogP) is 2.88. The number of rotatable bonds is 5. The highest BCUT2D eigenvalue weighted by Gasteiger charge is 2.10. The number of anilines is 2. The number of carbonyl (C=O) groups excluding carboxylic acids is 1. The molecule has 0 spiro atoms. The maximum absolute atomic E-state index is 12.1. The Bertz CT molecular complexity index is 586. The van der Waals surface area contributed by atoms with E-state index in [0.717, 1.165) is 17.1 Å². The van der Waals surface area contributed by atoms with E-state index >= 15 is 0 Å². The number of nitrogens with one attached hydrogen (secondary N) is 2. The summed E-state index contributed by atoms with van der Waals surface area (Å²) in [6.07, 6.45) is 1.97. The van der Waals surface area contributed by atoms with Crippen molar-refractivity contribution in [1.29, 1.82) is 0 Å². The third kappa shape index (κ3) is 3.48. The average Bonchev–Trinajstić information content (AvgIpc) is 2.49. The van der Waals surface area contributed by atoms with E-state index in [0.29, 0.717) is 11.5 Å². The van der Waals surface area contributed by atoms with Crippen LogP contribution >= 0.6 is 11.8 Å². The van der Waals surface area contributed by atoms with Gasteiger partial charge in [0.05, 0.1) is 5.69 Å². The van der Waals surface area contributed by atoms with Gasteiger partial charge in [-0.25, -0.2) is 0 Å². The first-order valence-corrected chi connectivity index (χ1v) is 7.49. The number of thioether (sulfide) groups is 1. The molecule has 0 radical (unpaired) electrons. The molecule has 0 fully saturated rings.